The summed E-state index contributed by atoms with van der Waals surface area (Å²) in [5, 5.41) is 0. The average molecular weight is 268 g/mol. The van der Waals surface area contributed by atoms with Gasteiger partial charge >= 0.3 is 0 Å². The summed E-state index contributed by atoms with van der Waals surface area (Å²) in [5.41, 5.74) is 4.09. The van der Waals surface area contributed by atoms with Crippen LogP contribution in [-0.4, -0.2) is 5.78 Å². The van der Waals surface area contributed by atoms with Crippen LogP contribution in [0.5, 0.6) is 0 Å². The van der Waals surface area contributed by atoms with E-state index in [1.54, 1.807) is 6.92 Å². The Hall–Kier alpha value is -1.63. The Morgan fingerprint density at radius 1 is 1.30 bits per heavy atom. The van der Waals surface area contributed by atoms with Crippen molar-refractivity contribution in [2.75, 3.05) is 0 Å². The van der Waals surface area contributed by atoms with Crippen molar-refractivity contribution in [1.82, 2.24) is 0 Å². The van der Waals surface area contributed by atoms with E-state index < -0.39 is 0 Å². The highest BCUT2D eigenvalue weighted by atomic mass is 16.1. The smallest absolute Gasteiger partial charge is 0.152 e. The van der Waals surface area contributed by atoms with Crippen LogP contribution in [0.1, 0.15) is 57.4 Å². The summed E-state index contributed by atoms with van der Waals surface area (Å²) in [5.74, 6) is 0.805. The molecular weight excluding hydrogens is 244 g/mol. The second-order valence-electron chi connectivity index (χ2n) is 5.64. The summed E-state index contributed by atoms with van der Waals surface area (Å²) in [6, 6.07) is 10.8. The average Bonchev–Trinajstić information content (AvgIpc) is 2.47. The van der Waals surface area contributed by atoms with Crippen LogP contribution in [-0.2, 0) is 4.79 Å². The number of allylic oxidation sites excluding steroid dienone is 4. The Morgan fingerprint density at radius 3 is 2.60 bits per heavy atom. The van der Waals surface area contributed by atoms with Crippen molar-refractivity contribution in [3.63, 3.8) is 0 Å². The summed E-state index contributed by atoms with van der Waals surface area (Å²) >= 11 is 0. The monoisotopic (exact) mass is 268 g/mol. The highest BCUT2D eigenvalue weighted by Crippen LogP contribution is 2.35. The van der Waals surface area contributed by atoms with Crippen molar-refractivity contribution >= 4 is 5.78 Å². The molecule has 0 radical (unpaired) electrons. The predicted molar refractivity (Wildman–Crippen MR) is 84.8 cm³/mol. The molecule has 0 saturated carbocycles. The second-order valence-corrected chi connectivity index (χ2v) is 5.64. The van der Waals surface area contributed by atoms with Gasteiger partial charge in [0.2, 0.25) is 0 Å². The van der Waals surface area contributed by atoms with Gasteiger partial charge in [-0.25, -0.2) is 0 Å². The highest BCUT2D eigenvalue weighted by Gasteiger charge is 2.17. The van der Waals surface area contributed by atoms with Crippen molar-refractivity contribution in [1.29, 1.82) is 0 Å². The summed E-state index contributed by atoms with van der Waals surface area (Å²) in [6.07, 6.45) is 9.68. The van der Waals surface area contributed by atoms with E-state index in [1.165, 1.54) is 23.1 Å². The maximum atomic E-state index is 11.4. The van der Waals surface area contributed by atoms with Gasteiger partial charge in [0.25, 0.3) is 0 Å². The predicted octanol–water partition coefficient (Wildman–Crippen LogP) is 5.20. The number of hydrogen-bond acceptors (Lipinski definition) is 1. The van der Waals surface area contributed by atoms with Crippen LogP contribution in [0, 0.1) is 0 Å². The van der Waals surface area contributed by atoms with Gasteiger partial charge in [0.05, 0.1) is 0 Å². The zero-order valence-corrected chi connectivity index (χ0v) is 12.6. The van der Waals surface area contributed by atoms with Gasteiger partial charge in [-0.05, 0) is 61.3 Å². The Balaban J connectivity index is 2.10. The fraction of sp³-hybridized carbons (Fsp3) is 0.421. The van der Waals surface area contributed by atoms with E-state index in [2.05, 4.69) is 43.3 Å². The van der Waals surface area contributed by atoms with Gasteiger partial charge in [0.15, 0.2) is 5.78 Å². The maximum Gasteiger partial charge on any atom is 0.152 e. The number of carbonyl (C=O) groups is 1. The summed E-state index contributed by atoms with van der Waals surface area (Å²) in [6.45, 7) is 3.82. The third kappa shape index (κ3) is 3.93. The van der Waals surface area contributed by atoms with Crippen molar-refractivity contribution in [3.8, 4) is 0 Å². The molecule has 1 aromatic carbocycles. The lowest BCUT2D eigenvalue weighted by Crippen LogP contribution is -2.06. The van der Waals surface area contributed by atoms with Gasteiger partial charge in [-0.1, -0.05) is 49.8 Å². The van der Waals surface area contributed by atoms with E-state index >= 15 is 0 Å². The molecule has 0 N–H and O–H groups in total. The molecule has 0 saturated heterocycles. The third-order valence-corrected chi connectivity index (χ3v) is 3.99. The SMILES string of the molecule is CCC/C(=C\C(C)=O)C1=CCC(c2ccccc2)CC1. The van der Waals surface area contributed by atoms with E-state index in [-0.39, 0.29) is 5.78 Å². The number of rotatable bonds is 5. The largest absolute Gasteiger partial charge is 0.295 e. The van der Waals surface area contributed by atoms with Crippen LogP contribution in [0.2, 0.25) is 0 Å². The zero-order valence-electron chi connectivity index (χ0n) is 12.6. The van der Waals surface area contributed by atoms with Crippen LogP contribution >= 0.6 is 0 Å². The van der Waals surface area contributed by atoms with E-state index in [9.17, 15) is 4.79 Å². The lowest BCUT2D eigenvalue weighted by Gasteiger charge is -2.23. The van der Waals surface area contributed by atoms with Crippen LogP contribution in [0.3, 0.4) is 0 Å². The molecule has 1 aliphatic carbocycles. The first-order valence-electron chi connectivity index (χ1n) is 7.66. The van der Waals surface area contributed by atoms with Gasteiger partial charge in [-0.3, -0.25) is 4.79 Å². The van der Waals surface area contributed by atoms with Gasteiger partial charge in [-0.2, -0.15) is 0 Å². The van der Waals surface area contributed by atoms with Crippen LogP contribution in [0.25, 0.3) is 0 Å². The Morgan fingerprint density at radius 2 is 2.05 bits per heavy atom. The first kappa shape index (κ1) is 14.8. The number of ketones is 1. The van der Waals surface area contributed by atoms with E-state index in [0.717, 1.165) is 25.7 Å². The van der Waals surface area contributed by atoms with Gasteiger partial charge in [-0.15, -0.1) is 0 Å². The van der Waals surface area contributed by atoms with Crippen molar-refractivity contribution in [2.45, 2.75) is 51.9 Å². The van der Waals surface area contributed by atoms with Crippen LogP contribution in [0.15, 0.2) is 53.6 Å². The molecule has 0 amide bonds. The molecule has 0 bridgehead atoms. The molecule has 0 aromatic heterocycles. The van der Waals surface area contributed by atoms with E-state index in [0.29, 0.717) is 5.92 Å². The molecule has 2 rings (SSSR count). The second kappa shape index (κ2) is 7.23. The van der Waals surface area contributed by atoms with Crippen molar-refractivity contribution in [2.24, 2.45) is 0 Å². The molecule has 1 atom stereocenters. The fourth-order valence-electron chi connectivity index (χ4n) is 2.99. The minimum Gasteiger partial charge on any atom is -0.295 e. The standard InChI is InChI=1S/C19H24O/c1-3-7-19(14-15(2)20)18-12-10-17(11-13-18)16-8-5-4-6-9-16/h4-6,8-9,12,14,17H,3,7,10-11,13H2,1-2H3/b19-14+. The Kier molecular flexibility index (Phi) is 5.34. The van der Waals surface area contributed by atoms with Crippen molar-refractivity contribution < 1.29 is 4.79 Å². The first-order chi connectivity index (χ1) is 9.70. The molecule has 1 aromatic rings. The van der Waals surface area contributed by atoms with Gasteiger partial charge in [0.1, 0.15) is 0 Å². The molecule has 1 heteroatoms. The molecule has 1 nitrogen and oxygen atoms in total. The Bertz CT molecular complexity index is 508. The third-order valence-electron chi connectivity index (χ3n) is 3.99. The molecule has 106 valence electrons. The lowest BCUT2D eigenvalue weighted by molar-refractivity contribution is -0.112. The summed E-state index contributed by atoms with van der Waals surface area (Å²) in [7, 11) is 0. The Labute approximate surface area is 122 Å². The van der Waals surface area contributed by atoms with Crippen LogP contribution in [0.4, 0.5) is 0 Å². The maximum absolute atomic E-state index is 11.4. The normalized spacial score (nSPS) is 19.6. The number of hydrogen-bond donors (Lipinski definition) is 0. The summed E-state index contributed by atoms with van der Waals surface area (Å²) in [4.78, 5) is 11.4. The van der Waals surface area contributed by atoms with E-state index in [4.69, 9.17) is 0 Å². The number of carbonyl (C=O) groups excluding carboxylic acids is 1. The molecule has 1 unspecified atom stereocenters. The van der Waals surface area contributed by atoms with E-state index in [1.807, 2.05) is 6.08 Å². The molecule has 0 spiro atoms. The van der Waals surface area contributed by atoms with Gasteiger partial charge in [0, 0.05) is 0 Å². The summed E-state index contributed by atoms with van der Waals surface area (Å²) < 4.78 is 0. The molecule has 0 aliphatic heterocycles. The van der Waals surface area contributed by atoms with Crippen LogP contribution < -0.4 is 0 Å². The fourth-order valence-corrected chi connectivity index (χ4v) is 2.99. The zero-order chi connectivity index (χ0) is 14.4. The molecule has 1 aliphatic rings. The topological polar surface area (TPSA) is 17.1 Å². The first-order valence-corrected chi connectivity index (χ1v) is 7.66. The minimum absolute atomic E-state index is 0.166. The molecular formula is C19H24O. The van der Waals surface area contributed by atoms with Gasteiger partial charge < -0.3 is 0 Å². The highest BCUT2D eigenvalue weighted by molar-refractivity contribution is 5.88. The quantitative estimate of drug-likeness (QED) is 0.671. The molecule has 0 heterocycles. The molecule has 20 heavy (non-hydrogen) atoms. The van der Waals surface area contributed by atoms with Crippen molar-refractivity contribution in [3.05, 3.63) is 59.2 Å². The lowest BCUT2D eigenvalue weighted by atomic mass is 9.81. The number of benzene rings is 1. The molecule has 0 fully saturated rings. The minimum atomic E-state index is 0.166.